The van der Waals surface area contributed by atoms with E-state index in [4.69, 9.17) is 0 Å². The van der Waals surface area contributed by atoms with Gasteiger partial charge < -0.3 is 11.0 Å². The van der Waals surface area contributed by atoms with Gasteiger partial charge in [-0.25, -0.2) is 0 Å². The minimum absolute atomic E-state index is 0. The molecular formula is C12H24O2Sn. The first kappa shape index (κ1) is 15.7. The second-order valence-electron chi connectivity index (χ2n) is 4.84. The molecule has 2 fully saturated rings. The topological polar surface area (TPSA) is 60.0 Å². The maximum atomic E-state index is 1.63. The summed E-state index contributed by atoms with van der Waals surface area (Å²) in [4.78, 5) is 0. The van der Waals surface area contributed by atoms with Crippen LogP contribution in [-0.4, -0.2) is 32.1 Å². The number of hydrogen-bond acceptors (Lipinski definition) is 2. The molecule has 2 aliphatic carbocycles. The van der Waals surface area contributed by atoms with Gasteiger partial charge in [0.2, 0.25) is 0 Å². The van der Waals surface area contributed by atoms with Crippen molar-refractivity contribution >= 4 is 21.1 Å². The third-order valence-electron chi connectivity index (χ3n) is 3.68. The minimum Gasteiger partial charge on any atom is -0.870 e. The van der Waals surface area contributed by atoms with Crippen LogP contribution in [0.25, 0.3) is 0 Å². The minimum atomic E-state index is 0. The molecular weight excluding hydrogens is 295 g/mol. The van der Waals surface area contributed by atoms with Crippen LogP contribution in [0.3, 0.4) is 0 Å². The van der Waals surface area contributed by atoms with Gasteiger partial charge in [-0.2, -0.15) is 0 Å². The zero-order valence-electron chi connectivity index (χ0n) is 9.62. The van der Waals surface area contributed by atoms with Gasteiger partial charge in [0.25, 0.3) is 0 Å². The molecule has 15 heavy (non-hydrogen) atoms. The average molecular weight is 319 g/mol. The maximum Gasteiger partial charge on any atom is -0.870 e. The Morgan fingerprint density at radius 2 is 0.867 bits per heavy atom. The van der Waals surface area contributed by atoms with Gasteiger partial charge in [0.15, 0.2) is 0 Å². The number of rotatable bonds is 2. The molecule has 0 spiro atoms. The molecule has 0 aromatic carbocycles. The third-order valence-corrected chi connectivity index (χ3v) is 9.67. The molecule has 88 valence electrons. The summed E-state index contributed by atoms with van der Waals surface area (Å²) in [6, 6.07) is 0. The molecule has 0 aromatic heterocycles. The van der Waals surface area contributed by atoms with Crippen molar-refractivity contribution in [1.29, 1.82) is 0 Å². The first-order chi connectivity index (χ1) is 6.45. The molecule has 0 bridgehead atoms. The predicted octanol–water partition coefficient (Wildman–Crippen LogP) is 3.84. The van der Waals surface area contributed by atoms with Crippen molar-refractivity contribution in [2.75, 3.05) is 0 Å². The molecule has 3 heteroatoms. The quantitative estimate of drug-likeness (QED) is 0.726. The molecule has 2 aliphatic rings. The van der Waals surface area contributed by atoms with Crippen LogP contribution in [0.5, 0.6) is 0 Å². The van der Waals surface area contributed by atoms with E-state index in [9.17, 15) is 0 Å². The van der Waals surface area contributed by atoms with Gasteiger partial charge in [0.05, 0.1) is 0 Å². The molecule has 0 amide bonds. The Labute approximate surface area is 104 Å². The molecule has 2 nitrogen and oxygen atoms in total. The summed E-state index contributed by atoms with van der Waals surface area (Å²) in [6.07, 6.45) is 15.9. The molecule has 0 saturated heterocycles. The first-order valence-corrected chi connectivity index (χ1v) is 9.51. The van der Waals surface area contributed by atoms with Crippen LogP contribution in [0.1, 0.15) is 64.2 Å². The Bertz CT molecular complexity index is 125. The van der Waals surface area contributed by atoms with Crippen molar-refractivity contribution in [3.05, 3.63) is 0 Å². The molecule has 0 aliphatic heterocycles. The summed E-state index contributed by atoms with van der Waals surface area (Å²) >= 11 is 0.0367. The predicted molar refractivity (Wildman–Crippen MR) is 63.3 cm³/mol. The SMILES string of the molecule is C1CC[CH]([Sn+2][CH]2CCCCC2)CC1.[OH-].[OH-]. The van der Waals surface area contributed by atoms with Crippen LogP contribution < -0.4 is 0 Å². The van der Waals surface area contributed by atoms with Crippen LogP contribution in [0.2, 0.25) is 7.87 Å². The normalized spacial score (nSPS) is 23.5. The fraction of sp³-hybridized carbons (Fsp3) is 1.00. The van der Waals surface area contributed by atoms with Crippen molar-refractivity contribution in [2.45, 2.75) is 72.1 Å². The smallest absolute Gasteiger partial charge is 0.870 e. The zero-order valence-corrected chi connectivity index (χ0v) is 12.5. The Kier molecular flexibility index (Phi) is 9.25. The van der Waals surface area contributed by atoms with E-state index in [1.54, 1.807) is 64.2 Å². The van der Waals surface area contributed by atoms with E-state index < -0.39 is 0 Å². The molecule has 2 rings (SSSR count). The molecule has 0 aromatic rings. The Morgan fingerprint density at radius 1 is 0.533 bits per heavy atom. The summed E-state index contributed by atoms with van der Waals surface area (Å²) in [5.41, 5.74) is 0. The van der Waals surface area contributed by atoms with Gasteiger partial charge in [-0.15, -0.1) is 0 Å². The fourth-order valence-corrected chi connectivity index (χ4v) is 9.01. The van der Waals surface area contributed by atoms with Crippen LogP contribution >= 0.6 is 0 Å². The largest absolute Gasteiger partial charge is 0.870 e. The van der Waals surface area contributed by atoms with Gasteiger partial charge >= 0.3 is 93.2 Å². The van der Waals surface area contributed by atoms with Crippen molar-refractivity contribution < 1.29 is 11.0 Å². The number of hydrogen-bond donors (Lipinski definition) is 0. The van der Waals surface area contributed by atoms with Gasteiger partial charge in [-0.3, -0.25) is 0 Å². The van der Waals surface area contributed by atoms with E-state index in [1.165, 1.54) is 7.87 Å². The van der Waals surface area contributed by atoms with E-state index in [2.05, 4.69) is 0 Å². The second kappa shape index (κ2) is 8.82. The van der Waals surface area contributed by atoms with Crippen LogP contribution in [0.15, 0.2) is 0 Å². The second-order valence-corrected chi connectivity index (χ2v) is 10.4. The Hall–Kier alpha value is 0.719. The summed E-state index contributed by atoms with van der Waals surface area (Å²) < 4.78 is 2.58. The summed E-state index contributed by atoms with van der Waals surface area (Å²) in [5, 5.41) is 0. The van der Waals surface area contributed by atoms with Crippen molar-refractivity contribution in [3.63, 3.8) is 0 Å². The van der Waals surface area contributed by atoms with Gasteiger partial charge in [0.1, 0.15) is 0 Å². The van der Waals surface area contributed by atoms with Gasteiger partial charge in [-0.05, 0) is 0 Å². The molecule has 0 unspecified atom stereocenters. The Morgan fingerprint density at radius 3 is 1.20 bits per heavy atom. The van der Waals surface area contributed by atoms with Gasteiger partial charge in [-0.1, -0.05) is 0 Å². The maximum absolute atomic E-state index is 1.63. The van der Waals surface area contributed by atoms with Crippen molar-refractivity contribution in [3.8, 4) is 0 Å². The van der Waals surface area contributed by atoms with E-state index in [-0.39, 0.29) is 32.1 Å². The van der Waals surface area contributed by atoms with Crippen molar-refractivity contribution in [2.24, 2.45) is 0 Å². The molecule has 2 N–H and O–H groups in total. The van der Waals surface area contributed by atoms with Crippen LogP contribution in [0.4, 0.5) is 0 Å². The van der Waals surface area contributed by atoms with Crippen molar-refractivity contribution in [1.82, 2.24) is 0 Å². The summed E-state index contributed by atoms with van der Waals surface area (Å²) in [5.74, 6) is 0. The first-order valence-electron chi connectivity index (χ1n) is 6.21. The third kappa shape index (κ3) is 5.55. The van der Waals surface area contributed by atoms with E-state index in [0.717, 1.165) is 0 Å². The standard InChI is InChI=1S/2C6H11.2H2O.Sn/c2*1-2-4-6-5-3-1;;;/h2*1H,2-6H2;2*1H2;/q;;;;+2/p-2. The van der Waals surface area contributed by atoms with Crippen LogP contribution in [0, 0.1) is 0 Å². The van der Waals surface area contributed by atoms with Crippen LogP contribution in [-0.2, 0) is 0 Å². The summed E-state index contributed by atoms with van der Waals surface area (Å²) in [7, 11) is 0. The molecule has 0 radical (unpaired) electrons. The fourth-order valence-electron chi connectivity index (χ4n) is 2.87. The zero-order chi connectivity index (χ0) is 8.93. The van der Waals surface area contributed by atoms with E-state index in [1.807, 2.05) is 0 Å². The van der Waals surface area contributed by atoms with Gasteiger partial charge in [0, 0.05) is 0 Å². The Balaban J connectivity index is 0.000000980. The van der Waals surface area contributed by atoms with E-state index in [0.29, 0.717) is 0 Å². The summed E-state index contributed by atoms with van der Waals surface area (Å²) in [6.45, 7) is 0. The van der Waals surface area contributed by atoms with E-state index >= 15 is 0 Å². The molecule has 0 atom stereocenters. The monoisotopic (exact) mass is 320 g/mol. The molecule has 0 heterocycles. The average Bonchev–Trinajstić information content (AvgIpc) is 2.21. The molecule has 2 saturated carbocycles.